The van der Waals surface area contributed by atoms with Gasteiger partial charge in [0, 0.05) is 18.5 Å². The van der Waals surface area contributed by atoms with Gasteiger partial charge in [0.05, 0.1) is 5.83 Å². The fourth-order valence-corrected chi connectivity index (χ4v) is 0.672. The van der Waals surface area contributed by atoms with E-state index in [1.807, 2.05) is 13.8 Å². The second kappa shape index (κ2) is 4.46. The van der Waals surface area contributed by atoms with E-state index < -0.39 is 0 Å². The van der Waals surface area contributed by atoms with E-state index in [4.69, 9.17) is 11.5 Å². The largest absolute Gasteiger partial charge is 0.327 e. The average Bonchev–Trinajstić information content (AvgIpc) is 1.83. The molecule has 0 fully saturated rings. The van der Waals surface area contributed by atoms with Crippen molar-refractivity contribution in [3.8, 4) is 0 Å². The lowest BCUT2D eigenvalue weighted by Crippen LogP contribution is -2.31. The molecule has 0 aromatic carbocycles. The van der Waals surface area contributed by atoms with Crippen LogP contribution in [0.4, 0.5) is 4.39 Å². The molecule has 0 atom stereocenters. The first-order chi connectivity index (χ1) is 4.95. The zero-order valence-corrected chi connectivity index (χ0v) is 7.23. The Balaban J connectivity index is 3.62. The first-order valence-electron chi connectivity index (χ1n) is 3.79. The van der Waals surface area contributed by atoms with Gasteiger partial charge >= 0.3 is 0 Å². The summed E-state index contributed by atoms with van der Waals surface area (Å²) in [5.74, 6) is -0.161. The highest BCUT2D eigenvalue weighted by atomic mass is 19.1. The molecule has 0 radical (unpaired) electrons. The van der Waals surface area contributed by atoms with Crippen molar-refractivity contribution in [1.29, 1.82) is 0 Å². The molecule has 0 rings (SSSR count). The Morgan fingerprint density at radius 1 is 1.55 bits per heavy atom. The first-order valence-corrected chi connectivity index (χ1v) is 3.79. The van der Waals surface area contributed by atoms with Crippen molar-refractivity contribution in [2.75, 3.05) is 6.54 Å². The third kappa shape index (κ3) is 7.49. The summed E-state index contributed by atoms with van der Waals surface area (Å²) < 4.78 is 12.7. The van der Waals surface area contributed by atoms with E-state index in [1.54, 1.807) is 0 Å². The minimum atomic E-state index is -0.292. The molecule has 0 spiro atoms. The van der Waals surface area contributed by atoms with Gasteiger partial charge < -0.3 is 11.5 Å². The van der Waals surface area contributed by atoms with Crippen molar-refractivity contribution in [2.24, 2.45) is 11.5 Å². The molecule has 0 aromatic heterocycles. The van der Waals surface area contributed by atoms with Gasteiger partial charge in [-0.15, -0.1) is 0 Å². The molecule has 0 unspecified atom stereocenters. The first kappa shape index (κ1) is 10.6. The summed E-state index contributed by atoms with van der Waals surface area (Å²) in [6.07, 6.45) is 2.42. The molecule has 0 aromatic rings. The fraction of sp³-hybridized carbons (Fsp3) is 0.750. The summed E-state index contributed by atoms with van der Waals surface area (Å²) in [5, 5.41) is 0. The van der Waals surface area contributed by atoms with E-state index in [9.17, 15) is 4.39 Å². The SMILES string of the molecule is CC(C)(N)CC/C(F)=C\CN. The lowest BCUT2D eigenvalue weighted by Gasteiger charge is -2.16. The second-order valence-corrected chi connectivity index (χ2v) is 3.38. The zero-order valence-electron chi connectivity index (χ0n) is 7.23. The third-order valence-corrected chi connectivity index (χ3v) is 1.35. The Morgan fingerprint density at radius 2 is 2.09 bits per heavy atom. The lowest BCUT2D eigenvalue weighted by molar-refractivity contribution is 0.445. The predicted octanol–water partition coefficient (Wildman–Crippen LogP) is 1.32. The molecule has 0 bridgehead atoms. The van der Waals surface area contributed by atoms with Crippen molar-refractivity contribution in [2.45, 2.75) is 32.2 Å². The van der Waals surface area contributed by atoms with Gasteiger partial charge in [-0.05, 0) is 26.3 Å². The molecule has 0 saturated carbocycles. The molecule has 0 heterocycles. The fourth-order valence-electron chi connectivity index (χ4n) is 0.672. The van der Waals surface area contributed by atoms with Crippen LogP contribution in [0.5, 0.6) is 0 Å². The summed E-state index contributed by atoms with van der Waals surface area (Å²) in [5.41, 5.74) is 10.5. The average molecular weight is 160 g/mol. The highest BCUT2D eigenvalue weighted by Gasteiger charge is 2.10. The van der Waals surface area contributed by atoms with Crippen LogP contribution in [0.15, 0.2) is 11.9 Å². The molecule has 0 aliphatic heterocycles. The smallest absolute Gasteiger partial charge is 0.0973 e. The van der Waals surface area contributed by atoms with Crippen LogP contribution in [0.3, 0.4) is 0 Å². The van der Waals surface area contributed by atoms with Gasteiger partial charge in [0.25, 0.3) is 0 Å². The monoisotopic (exact) mass is 160 g/mol. The molecule has 0 amide bonds. The molecular weight excluding hydrogens is 143 g/mol. The minimum Gasteiger partial charge on any atom is -0.327 e. The molecule has 0 saturated heterocycles. The molecule has 2 nitrogen and oxygen atoms in total. The summed E-state index contributed by atoms with van der Waals surface area (Å²) in [6.45, 7) is 4.02. The molecule has 11 heavy (non-hydrogen) atoms. The Morgan fingerprint density at radius 3 is 2.45 bits per heavy atom. The molecule has 3 heteroatoms. The van der Waals surface area contributed by atoms with Crippen molar-refractivity contribution in [1.82, 2.24) is 0 Å². The van der Waals surface area contributed by atoms with Crippen LogP contribution in [-0.2, 0) is 0 Å². The molecular formula is C8H17FN2. The van der Waals surface area contributed by atoms with Crippen molar-refractivity contribution < 1.29 is 4.39 Å². The van der Waals surface area contributed by atoms with Gasteiger partial charge in [0.1, 0.15) is 0 Å². The maximum absolute atomic E-state index is 12.7. The van der Waals surface area contributed by atoms with E-state index >= 15 is 0 Å². The van der Waals surface area contributed by atoms with Gasteiger partial charge in [0.2, 0.25) is 0 Å². The maximum atomic E-state index is 12.7. The Hall–Kier alpha value is -0.410. The van der Waals surface area contributed by atoms with Crippen molar-refractivity contribution >= 4 is 0 Å². The van der Waals surface area contributed by atoms with E-state index in [2.05, 4.69) is 0 Å². The van der Waals surface area contributed by atoms with Crippen LogP contribution in [0.25, 0.3) is 0 Å². The van der Waals surface area contributed by atoms with Crippen LogP contribution in [0.1, 0.15) is 26.7 Å². The summed E-state index contributed by atoms with van der Waals surface area (Å²) in [4.78, 5) is 0. The number of halogens is 1. The number of nitrogens with two attached hydrogens (primary N) is 2. The Bertz CT molecular complexity index is 136. The van der Waals surface area contributed by atoms with Gasteiger partial charge in [-0.1, -0.05) is 0 Å². The third-order valence-electron chi connectivity index (χ3n) is 1.35. The predicted molar refractivity (Wildman–Crippen MR) is 45.7 cm³/mol. The standard InChI is InChI=1S/C8H17FN2/c1-8(2,11)5-3-7(9)4-6-10/h4H,3,5-6,10-11H2,1-2H3/b7-4+. The number of hydrogen-bond donors (Lipinski definition) is 2. The van der Waals surface area contributed by atoms with Crippen molar-refractivity contribution in [3.05, 3.63) is 11.9 Å². The second-order valence-electron chi connectivity index (χ2n) is 3.38. The number of rotatable bonds is 4. The summed E-state index contributed by atoms with van der Waals surface area (Å²) >= 11 is 0. The normalized spacial score (nSPS) is 13.7. The molecule has 4 N–H and O–H groups in total. The summed E-state index contributed by atoms with van der Waals surface area (Å²) in [6, 6.07) is 0. The Labute approximate surface area is 67.4 Å². The van der Waals surface area contributed by atoms with Crippen LogP contribution in [0.2, 0.25) is 0 Å². The maximum Gasteiger partial charge on any atom is 0.0973 e. The minimum absolute atomic E-state index is 0.161. The molecule has 0 aliphatic rings. The van der Waals surface area contributed by atoms with Crippen LogP contribution in [-0.4, -0.2) is 12.1 Å². The van der Waals surface area contributed by atoms with E-state index in [1.165, 1.54) is 6.08 Å². The summed E-state index contributed by atoms with van der Waals surface area (Å²) in [7, 11) is 0. The number of allylic oxidation sites excluding steroid dienone is 1. The number of hydrogen-bond acceptors (Lipinski definition) is 2. The Kier molecular flexibility index (Phi) is 4.30. The van der Waals surface area contributed by atoms with Crippen molar-refractivity contribution in [3.63, 3.8) is 0 Å². The molecule has 0 aliphatic carbocycles. The van der Waals surface area contributed by atoms with E-state index in [0.717, 1.165) is 0 Å². The lowest BCUT2D eigenvalue weighted by atomic mass is 10.00. The van der Waals surface area contributed by atoms with Gasteiger partial charge in [-0.2, -0.15) is 0 Å². The van der Waals surface area contributed by atoms with E-state index in [0.29, 0.717) is 12.8 Å². The zero-order chi connectivity index (χ0) is 8.91. The van der Waals surface area contributed by atoms with Gasteiger partial charge in [-0.25, -0.2) is 4.39 Å². The highest BCUT2D eigenvalue weighted by molar-refractivity contribution is 4.94. The van der Waals surface area contributed by atoms with Crippen LogP contribution < -0.4 is 11.5 Å². The van der Waals surface area contributed by atoms with Crippen LogP contribution in [0, 0.1) is 0 Å². The van der Waals surface area contributed by atoms with Gasteiger partial charge in [0.15, 0.2) is 0 Å². The quantitative estimate of drug-likeness (QED) is 0.651. The topological polar surface area (TPSA) is 52.0 Å². The van der Waals surface area contributed by atoms with E-state index in [-0.39, 0.29) is 17.9 Å². The van der Waals surface area contributed by atoms with Crippen LogP contribution >= 0.6 is 0 Å². The molecule has 66 valence electrons. The van der Waals surface area contributed by atoms with Gasteiger partial charge in [-0.3, -0.25) is 0 Å². The highest BCUT2D eigenvalue weighted by Crippen LogP contribution is 2.13.